The highest BCUT2D eigenvalue weighted by Gasteiger charge is 2.07. The van der Waals surface area contributed by atoms with Crippen LogP contribution in [-0.4, -0.2) is 11.1 Å². The summed E-state index contributed by atoms with van der Waals surface area (Å²) < 4.78 is 2.13. The molecule has 0 radical (unpaired) electrons. The van der Waals surface area contributed by atoms with Crippen molar-refractivity contribution in [1.29, 1.82) is 0 Å². The third-order valence-electron chi connectivity index (χ3n) is 3.14. The first-order valence-corrected chi connectivity index (χ1v) is 7.18. The Bertz CT molecular complexity index is 549. The van der Waals surface area contributed by atoms with E-state index in [2.05, 4.69) is 42.2 Å². The van der Waals surface area contributed by atoms with E-state index in [9.17, 15) is 0 Å². The molecular weight excluding hydrogens is 279 g/mol. The number of nitrogens with one attached hydrogen (secondary N) is 1. The van der Waals surface area contributed by atoms with Crippen LogP contribution in [0, 0.1) is 0 Å². The van der Waals surface area contributed by atoms with E-state index < -0.39 is 0 Å². The average molecular weight is 297 g/mol. The van der Waals surface area contributed by atoms with Gasteiger partial charge in [-0.3, -0.25) is 0 Å². The first-order valence-electron chi connectivity index (χ1n) is 6.43. The van der Waals surface area contributed by atoms with Crippen molar-refractivity contribution in [3.8, 4) is 0 Å². The van der Waals surface area contributed by atoms with Crippen LogP contribution in [0.2, 0.25) is 10.0 Å². The van der Waals surface area contributed by atoms with E-state index in [4.69, 9.17) is 23.2 Å². The van der Waals surface area contributed by atoms with Crippen molar-refractivity contribution in [3.63, 3.8) is 0 Å². The topological polar surface area (TPSA) is 17.0 Å². The zero-order valence-corrected chi connectivity index (χ0v) is 12.7. The molecule has 1 N–H and O–H groups in total. The molecule has 1 unspecified atom stereocenters. The van der Waals surface area contributed by atoms with Crippen molar-refractivity contribution in [2.45, 2.75) is 26.4 Å². The zero-order chi connectivity index (χ0) is 13.8. The Hall–Kier alpha value is -0.960. The summed E-state index contributed by atoms with van der Waals surface area (Å²) in [6, 6.07) is 8.05. The van der Waals surface area contributed by atoms with Gasteiger partial charge in [0, 0.05) is 35.0 Å². The summed E-state index contributed by atoms with van der Waals surface area (Å²) in [4.78, 5) is 0. The van der Waals surface area contributed by atoms with Gasteiger partial charge in [0.05, 0.1) is 0 Å². The van der Waals surface area contributed by atoms with Crippen molar-refractivity contribution in [2.75, 3.05) is 6.54 Å². The van der Waals surface area contributed by atoms with Gasteiger partial charge in [0.1, 0.15) is 0 Å². The number of hydrogen-bond acceptors (Lipinski definition) is 1. The van der Waals surface area contributed by atoms with Crippen LogP contribution in [0.1, 0.15) is 31.0 Å². The van der Waals surface area contributed by atoms with Gasteiger partial charge in [-0.05, 0) is 48.9 Å². The van der Waals surface area contributed by atoms with Crippen molar-refractivity contribution in [3.05, 3.63) is 57.8 Å². The van der Waals surface area contributed by atoms with E-state index in [0.717, 1.165) is 23.7 Å². The third kappa shape index (κ3) is 3.75. The number of rotatable bonds is 5. The highest BCUT2D eigenvalue weighted by molar-refractivity contribution is 6.33. The maximum Gasteiger partial charge on any atom is 0.0485 e. The molecule has 2 rings (SSSR count). The normalized spacial score (nSPS) is 12.6. The summed E-state index contributed by atoms with van der Waals surface area (Å²) >= 11 is 12.2. The standard InChI is InChI=1S/C15H18Cl2N2/c1-3-18-11(2)12-6-7-19(9-12)10-13-8-14(16)4-5-15(13)17/h4-9,11,18H,3,10H2,1-2H3. The molecule has 2 nitrogen and oxygen atoms in total. The predicted octanol–water partition coefficient (Wildman–Crippen LogP) is 4.51. The Kier molecular flexibility index (Phi) is 4.92. The van der Waals surface area contributed by atoms with E-state index in [1.54, 1.807) is 0 Å². The molecule has 0 saturated heterocycles. The number of nitrogens with zero attached hydrogens (tertiary/aromatic N) is 1. The van der Waals surface area contributed by atoms with Crippen molar-refractivity contribution in [1.82, 2.24) is 9.88 Å². The minimum Gasteiger partial charge on any atom is -0.350 e. The molecule has 0 fully saturated rings. The lowest BCUT2D eigenvalue weighted by molar-refractivity contribution is 0.596. The van der Waals surface area contributed by atoms with Crippen LogP contribution in [0.3, 0.4) is 0 Å². The Morgan fingerprint density at radius 3 is 2.79 bits per heavy atom. The quantitative estimate of drug-likeness (QED) is 0.859. The Balaban J connectivity index is 2.13. The molecule has 1 heterocycles. The molecule has 1 atom stereocenters. The number of benzene rings is 1. The number of halogens is 2. The van der Waals surface area contributed by atoms with E-state index in [-0.39, 0.29) is 0 Å². The van der Waals surface area contributed by atoms with Gasteiger partial charge >= 0.3 is 0 Å². The second-order valence-electron chi connectivity index (χ2n) is 4.63. The van der Waals surface area contributed by atoms with Gasteiger partial charge in [0.2, 0.25) is 0 Å². The molecule has 19 heavy (non-hydrogen) atoms. The molecular formula is C15H18Cl2N2. The lowest BCUT2D eigenvalue weighted by Crippen LogP contribution is -2.17. The predicted molar refractivity (Wildman–Crippen MR) is 82.1 cm³/mol. The summed E-state index contributed by atoms with van der Waals surface area (Å²) in [5.41, 5.74) is 2.31. The van der Waals surface area contributed by atoms with Crippen molar-refractivity contribution in [2.24, 2.45) is 0 Å². The minimum atomic E-state index is 0.362. The van der Waals surface area contributed by atoms with E-state index in [0.29, 0.717) is 11.1 Å². The van der Waals surface area contributed by atoms with Crippen LogP contribution in [0.5, 0.6) is 0 Å². The monoisotopic (exact) mass is 296 g/mol. The van der Waals surface area contributed by atoms with Gasteiger partial charge in [0.25, 0.3) is 0 Å². The van der Waals surface area contributed by atoms with Crippen molar-refractivity contribution < 1.29 is 0 Å². The summed E-state index contributed by atoms with van der Waals surface area (Å²) in [6.45, 7) is 5.97. The molecule has 1 aromatic carbocycles. The fraction of sp³-hybridized carbons (Fsp3) is 0.333. The second-order valence-corrected chi connectivity index (χ2v) is 5.48. The number of aromatic nitrogens is 1. The van der Waals surface area contributed by atoms with Crippen molar-refractivity contribution >= 4 is 23.2 Å². The fourth-order valence-electron chi connectivity index (χ4n) is 2.10. The molecule has 0 bridgehead atoms. The molecule has 0 saturated carbocycles. The van der Waals surface area contributed by atoms with Gasteiger partial charge in [-0.15, -0.1) is 0 Å². The molecule has 1 aromatic heterocycles. The fourth-order valence-corrected chi connectivity index (χ4v) is 2.47. The Morgan fingerprint density at radius 2 is 2.05 bits per heavy atom. The van der Waals surface area contributed by atoms with Crippen LogP contribution in [0.15, 0.2) is 36.7 Å². The van der Waals surface area contributed by atoms with E-state index in [1.165, 1.54) is 5.56 Å². The lowest BCUT2D eigenvalue weighted by atomic mass is 10.2. The SMILES string of the molecule is CCNC(C)c1ccn(Cc2cc(Cl)ccc2Cl)c1. The summed E-state index contributed by atoms with van der Waals surface area (Å²) in [7, 11) is 0. The summed E-state index contributed by atoms with van der Waals surface area (Å²) in [5, 5.41) is 4.86. The third-order valence-corrected chi connectivity index (χ3v) is 3.75. The van der Waals surface area contributed by atoms with Crippen LogP contribution in [-0.2, 0) is 6.54 Å². The average Bonchev–Trinajstić information content (AvgIpc) is 2.83. The number of hydrogen-bond donors (Lipinski definition) is 1. The maximum atomic E-state index is 6.18. The lowest BCUT2D eigenvalue weighted by Gasteiger charge is -2.10. The molecule has 102 valence electrons. The minimum absolute atomic E-state index is 0.362. The van der Waals surface area contributed by atoms with Gasteiger partial charge in [-0.1, -0.05) is 30.1 Å². The molecule has 0 aliphatic carbocycles. The molecule has 0 spiro atoms. The first kappa shape index (κ1) is 14.4. The summed E-state index contributed by atoms with van der Waals surface area (Å²) in [6.07, 6.45) is 4.21. The van der Waals surface area contributed by atoms with Crippen LogP contribution in [0.25, 0.3) is 0 Å². The smallest absolute Gasteiger partial charge is 0.0485 e. The van der Waals surface area contributed by atoms with Crippen LogP contribution >= 0.6 is 23.2 Å². The molecule has 0 aliphatic rings. The molecule has 2 aromatic rings. The van der Waals surface area contributed by atoms with Crippen LogP contribution in [0.4, 0.5) is 0 Å². The highest BCUT2D eigenvalue weighted by atomic mass is 35.5. The first-order chi connectivity index (χ1) is 9.10. The second kappa shape index (κ2) is 6.47. The molecule has 0 amide bonds. The maximum absolute atomic E-state index is 6.18. The van der Waals surface area contributed by atoms with Gasteiger partial charge < -0.3 is 9.88 Å². The van der Waals surface area contributed by atoms with E-state index >= 15 is 0 Å². The molecule has 4 heteroatoms. The Morgan fingerprint density at radius 1 is 1.26 bits per heavy atom. The largest absolute Gasteiger partial charge is 0.350 e. The zero-order valence-electron chi connectivity index (χ0n) is 11.2. The highest BCUT2D eigenvalue weighted by Crippen LogP contribution is 2.22. The van der Waals surface area contributed by atoms with E-state index in [1.807, 2.05) is 18.2 Å². The molecule has 0 aliphatic heterocycles. The van der Waals surface area contributed by atoms with Gasteiger partial charge in [0.15, 0.2) is 0 Å². The Labute approximate surface area is 124 Å². The summed E-state index contributed by atoms with van der Waals surface area (Å²) in [5.74, 6) is 0. The van der Waals surface area contributed by atoms with Gasteiger partial charge in [-0.25, -0.2) is 0 Å². The van der Waals surface area contributed by atoms with Crippen LogP contribution < -0.4 is 5.32 Å². The van der Waals surface area contributed by atoms with Gasteiger partial charge in [-0.2, -0.15) is 0 Å².